The number of anilines is 1. The Morgan fingerprint density at radius 2 is 1.76 bits per heavy atom. The molecular formula is C32H34Cl2N4O3S. The fourth-order valence-corrected chi connectivity index (χ4v) is 5.60. The number of thiazole rings is 1. The average molecular weight is 626 g/mol. The molecule has 220 valence electrons. The van der Waals surface area contributed by atoms with Gasteiger partial charge in [0, 0.05) is 52.7 Å². The zero-order valence-electron chi connectivity index (χ0n) is 24.2. The number of carbonyl (C=O) groups excluding carboxylic acids is 2. The van der Waals surface area contributed by atoms with Crippen molar-refractivity contribution in [2.45, 2.75) is 27.7 Å². The van der Waals surface area contributed by atoms with Crippen molar-refractivity contribution in [2.24, 2.45) is 0 Å². The normalized spacial score (nSPS) is 13.7. The summed E-state index contributed by atoms with van der Waals surface area (Å²) in [4.78, 5) is 36.2. The van der Waals surface area contributed by atoms with Crippen molar-refractivity contribution in [3.05, 3.63) is 92.4 Å². The van der Waals surface area contributed by atoms with Gasteiger partial charge in [-0.3, -0.25) is 14.5 Å². The molecule has 0 radical (unpaired) electrons. The fourth-order valence-electron chi connectivity index (χ4n) is 4.51. The minimum absolute atomic E-state index is 0.147. The maximum absolute atomic E-state index is 14.5. The lowest BCUT2D eigenvalue weighted by atomic mass is 10.1. The number of nitrogens with zero attached hydrogens (tertiary/aromatic N) is 3. The van der Waals surface area contributed by atoms with Crippen LogP contribution in [-0.4, -0.2) is 54.5 Å². The molecule has 2 aromatic carbocycles. The third-order valence-electron chi connectivity index (χ3n) is 6.60. The van der Waals surface area contributed by atoms with Crippen LogP contribution in [0.3, 0.4) is 0 Å². The van der Waals surface area contributed by atoms with Gasteiger partial charge in [-0.2, -0.15) is 0 Å². The SMILES string of the molecule is C=C(C(=O)N(/C(C=C(C)C)=C(\C)C(=O)N1CCNCC1)c1cc(Cl)ccc1OCC)c1nc(-c2ccc(Cl)cc2)cs1. The van der Waals surface area contributed by atoms with E-state index in [0.29, 0.717) is 76.2 Å². The second kappa shape index (κ2) is 14.2. The van der Waals surface area contributed by atoms with Crippen LogP contribution in [0.2, 0.25) is 10.0 Å². The molecular weight excluding hydrogens is 591 g/mol. The number of amides is 2. The van der Waals surface area contributed by atoms with Crippen molar-refractivity contribution in [1.29, 1.82) is 0 Å². The molecule has 1 aromatic heterocycles. The van der Waals surface area contributed by atoms with Crippen LogP contribution in [0.4, 0.5) is 5.69 Å². The van der Waals surface area contributed by atoms with Gasteiger partial charge >= 0.3 is 0 Å². The molecule has 10 heteroatoms. The molecule has 2 heterocycles. The smallest absolute Gasteiger partial charge is 0.265 e. The third kappa shape index (κ3) is 7.31. The number of hydrogen-bond donors (Lipinski definition) is 1. The van der Waals surface area contributed by atoms with E-state index < -0.39 is 5.91 Å². The van der Waals surface area contributed by atoms with Crippen LogP contribution >= 0.6 is 34.5 Å². The van der Waals surface area contributed by atoms with Crippen molar-refractivity contribution in [3.8, 4) is 17.0 Å². The predicted molar refractivity (Wildman–Crippen MR) is 173 cm³/mol. The summed E-state index contributed by atoms with van der Waals surface area (Å²) < 4.78 is 5.94. The highest BCUT2D eigenvalue weighted by Crippen LogP contribution is 2.38. The monoisotopic (exact) mass is 624 g/mol. The fraction of sp³-hybridized carbons (Fsp3) is 0.281. The predicted octanol–water partition coefficient (Wildman–Crippen LogP) is 7.23. The van der Waals surface area contributed by atoms with Gasteiger partial charge in [0.05, 0.1) is 29.3 Å². The van der Waals surface area contributed by atoms with Gasteiger partial charge in [-0.05, 0) is 64.1 Å². The van der Waals surface area contributed by atoms with Crippen molar-refractivity contribution in [3.63, 3.8) is 0 Å². The number of aromatic nitrogens is 1. The number of allylic oxidation sites excluding steroid dienone is 2. The Hall–Kier alpha value is -3.43. The van der Waals surface area contributed by atoms with Gasteiger partial charge < -0.3 is 15.0 Å². The number of halogens is 2. The number of piperazine rings is 1. The lowest BCUT2D eigenvalue weighted by Crippen LogP contribution is -2.47. The zero-order valence-corrected chi connectivity index (χ0v) is 26.5. The maximum Gasteiger partial charge on any atom is 0.265 e. The lowest BCUT2D eigenvalue weighted by molar-refractivity contribution is -0.127. The van der Waals surface area contributed by atoms with Crippen molar-refractivity contribution in [1.82, 2.24) is 15.2 Å². The standard InChI is InChI=1S/C32H34Cl2N4O3S/c1-6-41-29-12-11-25(34)18-28(29)38(27(17-20(2)3)21(4)31(39)37-15-13-35-14-16-37)32(40)22(5)30-36-26(19-42-30)23-7-9-24(33)10-8-23/h7-12,17-19,35H,5-6,13-16H2,1-4H3/b27-21+. The van der Waals surface area contributed by atoms with E-state index >= 15 is 0 Å². The second-order valence-electron chi connectivity index (χ2n) is 9.98. The van der Waals surface area contributed by atoms with E-state index in [1.807, 2.05) is 44.4 Å². The average Bonchev–Trinajstić information content (AvgIpc) is 3.48. The van der Waals surface area contributed by atoms with Crippen LogP contribution in [0.5, 0.6) is 5.75 Å². The highest BCUT2D eigenvalue weighted by molar-refractivity contribution is 7.11. The molecule has 0 aliphatic carbocycles. The van der Waals surface area contributed by atoms with E-state index in [1.165, 1.54) is 16.2 Å². The molecule has 42 heavy (non-hydrogen) atoms. The summed E-state index contributed by atoms with van der Waals surface area (Å²) in [5, 5.41) is 6.64. The van der Waals surface area contributed by atoms with Gasteiger partial charge in [-0.25, -0.2) is 4.98 Å². The first kappa shape index (κ1) is 31.5. The van der Waals surface area contributed by atoms with Gasteiger partial charge in [0.1, 0.15) is 10.8 Å². The molecule has 0 unspecified atom stereocenters. The molecule has 1 saturated heterocycles. The zero-order chi connectivity index (χ0) is 30.4. The lowest BCUT2D eigenvalue weighted by Gasteiger charge is -2.31. The Kier molecular flexibility index (Phi) is 10.6. The molecule has 1 aliphatic heterocycles. The number of benzene rings is 2. The van der Waals surface area contributed by atoms with E-state index in [4.69, 9.17) is 32.9 Å². The van der Waals surface area contributed by atoms with E-state index in [1.54, 1.807) is 42.2 Å². The summed E-state index contributed by atoms with van der Waals surface area (Å²) >= 11 is 13.8. The summed E-state index contributed by atoms with van der Waals surface area (Å²) in [6, 6.07) is 12.4. The molecule has 1 fully saturated rings. The molecule has 7 nitrogen and oxygen atoms in total. The number of carbonyl (C=O) groups is 2. The molecule has 4 rings (SSSR count). The highest BCUT2D eigenvalue weighted by atomic mass is 35.5. The summed E-state index contributed by atoms with van der Waals surface area (Å²) in [5.41, 5.74) is 3.89. The molecule has 0 atom stereocenters. The summed E-state index contributed by atoms with van der Waals surface area (Å²) in [7, 11) is 0. The van der Waals surface area contributed by atoms with E-state index in [-0.39, 0.29) is 11.5 Å². The Morgan fingerprint density at radius 1 is 1.10 bits per heavy atom. The molecule has 0 bridgehead atoms. The van der Waals surface area contributed by atoms with Crippen molar-refractivity contribution in [2.75, 3.05) is 37.7 Å². The van der Waals surface area contributed by atoms with Crippen LogP contribution in [0.15, 0.2) is 77.3 Å². The van der Waals surface area contributed by atoms with Gasteiger partial charge in [0.25, 0.3) is 11.8 Å². The topological polar surface area (TPSA) is 74.8 Å². The van der Waals surface area contributed by atoms with Crippen LogP contribution in [0, 0.1) is 0 Å². The van der Waals surface area contributed by atoms with E-state index in [0.717, 1.165) is 11.1 Å². The van der Waals surface area contributed by atoms with Crippen LogP contribution in [0.25, 0.3) is 16.8 Å². The number of nitrogens with one attached hydrogen (secondary N) is 1. The van der Waals surface area contributed by atoms with Crippen molar-refractivity contribution < 1.29 is 14.3 Å². The van der Waals surface area contributed by atoms with Gasteiger partial charge in [0.2, 0.25) is 0 Å². The highest BCUT2D eigenvalue weighted by Gasteiger charge is 2.31. The van der Waals surface area contributed by atoms with Gasteiger partial charge in [-0.1, -0.05) is 47.5 Å². The molecule has 1 N–H and O–H groups in total. The van der Waals surface area contributed by atoms with Gasteiger partial charge in [-0.15, -0.1) is 11.3 Å². The van der Waals surface area contributed by atoms with Crippen LogP contribution in [0.1, 0.15) is 32.7 Å². The Balaban J connectivity index is 1.85. The van der Waals surface area contributed by atoms with E-state index in [9.17, 15) is 9.59 Å². The number of ether oxygens (including phenoxy) is 1. The molecule has 0 saturated carbocycles. The van der Waals surface area contributed by atoms with Crippen molar-refractivity contribution >= 4 is 57.6 Å². The first-order valence-electron chi connectivity index (χ1n) is 13.6. The first-order valence-corrected chi connectivity index (χ1v) is 15.3. The molecule has 1 aliphatic rings. The molecule has 3 aromatic rings. The molecule has 2 amide bonds. The number of hydrogen-bond acceptors (Lipinski definition) is 6. The minimum atomic E-state index is -0.449. The molecule has 0 spiro atoms. The van der Waals surface area contributed by atoms with Gasteiger partial charge in [0.15, 0.2) is 0 Å². The van der Waals surface area contributed by atoms with Crippen LogP contribution in [-0.2, 0) is 9.59 Å². The number of rotatable bonds is 9. The Labute approximate surface area is 261 Å². The first-order chi connectivity index (χ1) is 20.1. The summed E-state index contributed by atoms with van der Waals surface area (Å²) in [5.74, 6) is -0.145. The largest absolute Gasteiger partial charge is 0.492 e. The Bertz CT molecular complexity index is 1540. The third-order valence-corrected chi connectivity index (χ3v) is 7.99. The maximum atomic E-state index is 14.5. The minimum Gasteiger partial charge on any atom is -0.492 e. The summed E-state index contributed by atoms with van der Waals surface area (Å²) in [6.07, 6.45) is 1.83. The Morgan fingerprint density at radius 3 is 2.40 bits per heavy atom. The summed E-state index contributed by atoms with van der Waals surface area (Å²) in [6.45, 7) is 14.5. The quantitative estimate of drug-likeness (QED) is 0.201. The second-order valence-corrected chi connectivity index (χ2v) is 11.7. The van der Waals surface area contributed by atoms with E-state index in [2.05, 4.69) is 11.9 Å². The van der Waals surface area contributed by atoms with Crippen LogP contribution < -0.4 is 15.0 Å².